The Hall–Kier alpha value is -7.05. The number of benzene rings is 2. The summed E-state index contributed by atoms with van der Waals surface area (Å²) in [4.78, 5) is 128. The summed E-state index contributed by atoms with van der Waals surface area (Å²) >= 11 is 0. The molecule has 2 aromatic rings. The lowest BCUT2D eigenvalue weighted by Gasteiger charge is -2.41. The number of ether oxygens (including phenoxy) is 7. The van der Waals surface area contributed by atoms with E-state index in [4.69, 9.17) is 44.6 Å². The monoisotopic (exact) mass is 1370 g/mol. The SMILES string of the molecule is CC[C@H](C)[C@@H]([C@@H](CC(=O)N1CCC[C@H]1C(OC)[C@@H](C)C(=O)N[C@H](C)[C@@H](O)c1ccccc1)OC)N(C)C(=O)[C@@H](NC(=O)[C@H](C(C)C)N(C)C(=O)OCc1ccc(NC(=O)[C@H](CCCNC(N)=O)NC(=O)[C@@H](NC(=O)CCOCCOCCOCCOCCN)C(C)C)cc1)C(C)C. The Morgan fingerprint density at radius 1 is 0.680 bits per heavy atom. The van der Waals surface area contributed by atoms with E-state index >= 15 is 0 Å². The summed E-state index contributed by atoms with van der Waals surface area (Å²) in [5.74, 6) is -5.28. The number of urea groups is 1. The zero-order valence-corrected chi connectivity index (χ0v) is 59.8. The van der Waals surface area contributed by atoms with Crippen LogP contribution >= 0.6 is 0 Å². The summed E-state index contributed by atoms with van der Waals surface area (Å²) in [5, 5.41) is 27.6. The fourth-order valence-corrected chi connectivity index (χ4v) is 11.7. The summed E-state index contributed by atoms with van der Waals surface area (Å²) in [6.07, 6.45) is -1.08. The highest BCUT2D eigenvalue weighted by Crippen LogP contribution is 2.30. The number of methoxy groups -OCH3 is 2. The molecule has 0 aliphatic carbocycles. The minimum Gasteiger partial charge on any atom is -0.445 e. The molecule has 0 aromatic heterocycles. The maximum Gasteiger partial charge on any atom is 0.410 e. The molecule has 10 amide bonds. The maximum absolute atomic E-state index is 14.8. The van der Waals surface area contributed by atoms with Crippen molar-refractivity contribution < 1.29 is 81.4 Å². The zero-order valence-electron chi connectivity index (χ0n) is 59.8. The number of nitrogens with zero attached hydrogens (tertiary/aromatic N) is 3. The third-order valence-corrected chi connectivity index (χ3v) is 17.4. The normalized spacial score (nSPS) is 16.5. The molecule has 28 heteroatoms. The first-order valence-corrected chi connectivity index (χ1v) is 34.0. The number of hydrogen-bond donors (Lipinski definition) is 9. The molecule has 28 nitrogen and oxygen atoms in total. The molecule has 2 aromatic carbocycles. The van der Waals surface area contributed by atoms with Crippen molar-refractivity contribution in [1.82, 2.24) is 41.3 Å². The van der Waals surface area contributed by atoms with Gasteiger partial charge >= 0.3 is 12.1 Å². The lowest BCUT2D eigenvalue weighted by atomic mass is 9.89. The van der Waals surface area contributed by atoms with E-state index in [0.717, 1.165) is 0 Å². The van der Waals surface area contributed by atoms with Crippen molar-refractivity contribution in [3.8, 4) is 0 Å². The maximum atomic E-state index is 14.8. The van der Waals surface area contributed by atoms with Crippen molar-refractivity contribution >= 4 is 59.2 Å². The van der Waals surface area contributed by atoms with E-state index in [1.807, 2.05) is 32.0 Å². The molecular weight excluding hydrogens is 1250 g/mol. The molecule has 12 atom stereocenters. The van der Waals surface area contributed by atoms with Crippen LogP contribution in [0.1, 0.15) is 131 Å². The number of carbonyl (C=O) groups is 9. The molecule has 97 heavy (non-hydrogen) atoms. The Morgan fingerprint density at radius 3 is 1.82 bits per heavy atom. The van der Waals surface area contributed by atoms with Gasteiger partial charge in [0.1, 0.15) is 30.8 Å². The second kappa shape index (κ2) is 44.8. The number of aliphatic hydroxyl groups excluding tert-OH is 1. The van der Waals surface area contributed by atoms with Crippen LogP contribution in [-0.4, -0.2) is 229 Å². The van der Waals surface area contributed by atoms with Gasteiger partial charge in [-0.1, -0.05) is 111 Å². The number of nitrogens with two attached hydrogens (primary N) is 2. The average Bonchev–Trinajstić information content (AvgIpc) is 1.23. The average molecular weight is 1370 g/mol. The van der Waals surface area contributed by atoms with E-state index in [0.29, 0.717) is 88.8 Å². The van der Waals surface area contributed by atoms with Gasteiger partial charge in [-0.2, -0.15) is 0 Å². The van der Waals surface area contributed by atoms with Gasteiger partial charge in [-0.25, -0.2) is 9.59 Å². The smallest absolute Gasteiger partial charge is 0.410 e. The molecule has 548 valence electrons. The number of aliphatic hydroxyl groups is 1. The number of likely N-dealkylation sites (N-methyl/N-ethyl adjacent to an activating group) is 2. The molecule has 0 radical (unpaired) electrons. The summed E-state index contributed by atoms with van der Waals surface area (Å²) in [6, 6.07) is 8.80. The molecule has 1 aliphatic rings. The second-order valence-electron chi connectivity index (χ2n) is 25.8. The van der Waals surface area contributed by atoms with Gasteiger partial charge in [0, 0.05) is 60.1 Å². The molecule has 1 aliphatic heterocycles. The first-order chi connectivity index (χ1) is 46.1. The molecule has 11 N–H and O–H groups in total. The summed E-state index contributed by atoms with van der Waals surface area (Å²) in [6.45, 7) is 21.6. The predicted octanol–water partition coefficient (Wildman–Crippen LogP) is 4.01. The highest BCUT2D eigenvalue weighted by Gasteiger charge is 2.44. The molecular formula is C69H115N11O17. The largest absolute Gasteiger partial charge is 0.445 e. The van der Waals surface area contributed by atoms with E-state index in [-0.39, 0.29) is 75.7 Å². The minimum atomic E-state index is -1.11. The fraction of sp³-hybridized carbons (Fsp3) is 0.696. The van der Waals surface area contributed by atoms with Gasteiger partial charge in [-0.05, 0) is 79.5 Å². The number of anilines is 1. The molecule has 1 fully saturated rings. The van der Waals surface area contributed by atoms with E-state index in [1.165, 1.54) is 26.2 Å². The second-order valence-corrected chi connectivity index (χ2v) is 25.8. The van der Waals surface area contributed by atoms with Crippen LogP contribution in [0, 0.1) is 29.6 Å². The Morgan fingerprint density at radius 2 is 1.28 bits per heavy atom. The number of likely N-dealkylation sites (tertiary alicyclic amines) is 1. The van der Waals surface area contributed by atoms with Crippen molar-refractivity contribution in [1.29, 1.82) is 0 Å². The van der Waals surface area contributed by atoms with Crippen LogP contribution in [0.15, 0.2) is 54.6 Å². The minimum absolute atomic E-state index is 0.0334. The molecule has 0 spiro atoms. The van der Waals surface area contributed by atoms with Crippen molar-refractivity contribution in [3.63, 3.8) is 0 Å². The van der Waals surface area contributed by atoms with Gasteiger partial charge in [0.2, 0.25) is 41.4 Å². The van der Waals surface area contributed by atoms with Gasteiger partial charge in [0.25, 0.3) is 0 Å². The zero-order chi connectivity index (χ0) is 72.3. The van der Waals surface area contributed by atoms with Gasteiger partial charge in [-0.3, -0.25) is 38.5 Å². The van der Waals surface area contributed by atoms with Crippen LogP contribution in [-0.2, 0) is 73.3 Å². The number of amides is 10. The molecule has 3 rings (SSSR count). The highest BCUT2D eigenvalue weighted by atomic mass is 16.6. The van der Waals surface area contributed by atoms with Crippen LogP contribution in [0.2, 0.25) is 0 Å². The molecule has 1 saturated heterocycles. The van der Waals surface area contributed by atoms with Gasteiger partial charge in [0.05, 0.1) is 102 Å². The van der Waals surface area contributed by atoms with Crippen LogP contribution in [0.4, 0.5) is 15.3 Å². The van der Waals surface area contributed by atoms with Crippen molar-refractivity contribution in [3.05, 3.63) is 65.7 Å². The Balaban J connectivity index is 1.64. The Labute approximate surface area is 574 Å². The third kappa shape index (κ3) is 28.4. The molecule has 1 heterocycles. The van der Waals surface area contributed by atoms with Crippen LogP contribution in [0.5, 0.6) is 0 Å². The topological polar surface area (TPSA) is 372 Å². The van der Waals surface area contributed by atoms with Gasteiger partial charge in [0.15, 0.2) is 0 Å². The summed E-state index contributed by atoms with van der Waals surface area (Å²) in [7, 11) is 6.09. The number of rotatable bonds is 46. The lowest BCUT2D eigenvalue weighted by Crippen LogP contribution is -2.60. The predicted molar refractivity (Wildman–Crippen MR) is 366 cm³/mol. The van der Waals surface area contributed by atoms with Crippen molar-refractivity contribution in [2.24, 2.45) is 41.1 Å². The number of carbonyl (C=O) groups excluding carboxylic acids is 9. The number of nitrogens with one attached hydrogen (secondary N) is 6. The quantitative estimate of drug-likeness (QED) is 0.0423. The molecule has 1 unspecified atom stereocenters. The fourth-order valence-electron chi connectivity index (χ4n) is 11.7. The number of hydrogen-bond acceptors (Lipinski definition) is 18. The van der Waals surface area contributed by atoms with E-state index in [2.05, 4.69) is 31.9 Å². The summed E-state index contributed by atoms with van der Waals surface area (Å²) < 4.78 is 39.4. The van der Waals surface area contributed by atoms with Crippen molar-refractivity contribution in [2.45, 2.75) is 181 Å². The first kappa shape index (κ1) is 84.2. The van der Waals surface area contributed by atoms with Gasteiger partial charge < -0.3 is 91.4 Å². The first-order valence-electron chi connectivity index (χ1n) is 34.0. The van der Waals surface area contributed by atoms with Crippen LogP contribution in [0.25, 0.3) is 0 Å². The Bertz CT molecular complexity index is 2710. The van der Waals surface area contributed by atoms with E-state index < -0.39 is 120 Å². The number of primary amides is 1. The van der Waals surface area contributed by atoms with Crippen molar-refractivity contribution in [2.75, 3.05) is 106 Å². The van der Waals surface area contributed by atoms with Crippen LogP contribution in [0.3, 0.4) is 0 Å². The molecule has 0 bridgehead atoms. The standard InChI is InChI=1S/C69H115N11O17/c1-15-46(8)60(54(91-13)41-56(82)80-32-20-24-53(80)62(92-14)47(9)63(84)73-48(10)61(83)50-21-17-16-18-22-50)78(11)67(88)58(44(4)5)77-66(87)59(45(6)7)79(12)69(90)97-42-49-25-27-51(28-26-49)74-64(85)52(23-19-31-72-68(71)89)75-65(86)57(43(2)3)76-55(81)29-33-93-35-37-95-39-40-96-38-36-94-34-30-70/h16-18,21-22,25-28,43-48,52-54,57-62,83H,15,19-20,23-24,29-42,70H2,1-14H3,(H,73,84)(H,74,85)(H,75,86)(H,76,81)(H,77,87)(H3,71,72,89)/t46-,47+,48+,52-,53-,54+,57-,58-,59-,60-,61+,62?/m0/s1. The molecule has 0 saturated carbocycles. The lowest BCUT2D eigenvalue weighted by molar-refractivity contribution is -0.148. The van der Waals surface area contributed by atoms with Crippen LogP contribution < -0.4 is 43.4 Å². The van der Waals surface area contributed by atoms with Gasteiger partial charge in [-0.15, -0.1) is 0 Å². The highest BCUT2D eigenvalue weighted by molar-refractivity contribution is 5.98. The Kier molecular flexibility index (Phi) is 38.9. The third-order valence-electron chi connectivity index (χ3n) is 17.4. The summed E-state index contributed by atoms with van der Waals surface area (Å²) in [5.41, 5.74) is 12.2. The van der Waals surface area contributed by atoms with E-state index in [9.17, 15) is 48.3 Å². The van der Waals surface area contributed by atoms with E-state index in [1.54, 1.807) is 109 Å².